The van der Waals surface area contributed by atoms with Gasteiger partial charge in [-0.05, 0) is 56.7 Å². The number of benzene rings is 1. The fraction of sp³-hybridized carbons (Fsp3) is 0.682. The van der Waals surface area contributed by atoms with Gasteiger partial charge in [-0.3, -0.25) is 4.79 Å². The molecule has 8 heteroatoms. The van der Waals surface area contributed by atoms with Crippen LogP contribution in [0.3, 0.4) is 0 Å². The monoisotopic (exact) mass is 437 g/mol. The molecule has 0 aliphatic carbocycles. The standard InChI is InChI=1S/C22H35N3O4S/c1-2-29-21-11-9-19(10-12-21)13-14-23-22(26)20-8-7-17-25(18-20)30(27,28)24-15-5-3-4-6-16-24/h9-12,20H,2-8,13-18H2,1H3,(H,23,26). The van der Waals surface area contributed by atoms with Crippen molar-refractivity contribution in [3.8, 4) is 5.75 Å². The highest BCUT2D eigenvalue weighted by Gasteiger charge is 2.35. The third kappa shape index (κ3) is 6.18. The Labute approximate surface area is 180 Å². The van der Waals surface area contributed by atoms with E-state index in [1.54, 1.807) is 4.31 Å². The molecule has 1 aromatic carbocycles. The summed E-state index contributed by atoms with van der Waals surface area (Å²) in [6, 6.07) is 7.89. The zero-order valence-corrected chi connectivity index (χ0v) is 18.8. The number of hydrogen-bond donors (Lipinski definition) is 1. The average Bonchev–Trinajstić information content (AvgIpc) is 3.05. The van der Waals surface area contributed by atoms with Gasteiger partial charge >= 0.3 is 0 Å². The van der Waals surface area contributed by atoms with Crippen molar-refractivity contribution in [3.63, 3.8) is 0 Å². The molecule has 2 heterocycles. The number of nitrogens with one attached hydrogen (secondary N) is 1. The van der Waals surface area contributed by atoms with Crippen molar-refractivity contribution in [1.29, 1.82) is 0 Å². The van der Waals surface area contributed by atoms with Gasteiger partial charge in [0, 0.05) is 32.7 Å². The van der Waals surface area contributed by atoms with Crippen LogP contribution in [0.15, 0.2) is 24.3 Å². The molecule has 3 rings (SSSR count). The minimum Gasteiger partial charge on any atom is -0.494 e. The van der Waals surface area contributed by atoms with Crippen molar-refractivity contribution in [2.75, 3.05) is 39.3 Å². The third-order valence-electron chi connectivity index (χ3n) is 5.92. The molecule has 1 atom stereocenters. The van der Waals surface area contributed by atoms with E-state index in [2.05, 4.69) is 5.32 Å². The first-order valence-corrected chi connectivity index (χ1v) is 12.6. The minimum atomic E-state index is -3.47. The maximum absolute atomic E-state index is 13.0. The molecule has 1 unspecified atom stereocenters. The Balaban J connectivity index is 1.48. The number of carbonyl (C=O) groups is 1. The summed E-state index contributed by atoms with van der Waals surface area (Å²) in [7, 11) is -3.47. The van der Waals surface area contributed by atoms with Crippen LogP contribution in [0, 0.1) is 5.92 Å². The summed E-state index contributed by atoms with van der Waals surface area (Å²) in [4.78, 5) is 12.7. The molecular formula is C22H35N3O4S. The van der Waals surface area contributed by atoms with Crippen LogP contribution in [0.25, 0.3) is 0 Å². The van der Waals surface area contributed by atoms with Crippen molar-refractivity contribution in [3.05, 3.63) is 29.8 Å². The van der Waals surface area contributed by atoms with Gasteiger partial charge in [0.25, 0.3) is 10.2 Å². The Morgan fingerprint density at radius 1 is 1.03 bits per heavy atom. The number of amides is 1. The molecule has 2 aliphatic rings. The second-order valence-corrected chi connectivity index (χ2v) is 10.1. The quantitative estimate of drug-likeness (QED) is 0.678. The number of ether oxygens (including phenoxy) is 1. The maximum atomic E-state index is 13.0. The van der Waals surface area contributed by atoms with Gasteiger partial charge in [-0.1, -0.05) is 25.0 Å². The van der Waals surface area contributed by atoms with Crippen LogP contribution in [0.5, 0.6) is 5.75 Å². The number of rotatable bonds is 8. The van der Waals surface area contributed by atoms with Crippen molar-refractivity contribution in [2.24, 2.45) is 5.92 Å². The van der Waals surface area contributed by atoms with Gasteiger partial charge in [-0.2, -0.15) is 17.0 Å². The molecule has 7 nitrogen and oxygen atoms in total. The fourth-order valence-electron chi connectivity index (χ4n) is 4.20. The smallest absolute Gasteiger partial charge is 0.281 e. The summed E-state index contributed by atoms with van der Waals surface area (Å²) >= 11 is 0. The van der Waals surface area contributed by atoms with E-state index >= 15 is 0 Å². The first-order valence-electron chi connectivity index (χ1n) is 11.3. The summed E-state index contributed by atoms with van der Waals surface area (Å²) in [5.41, 5.74) is 1.13. The van der Waals surface area contributed by atoms with Gasteiger partial charge in [0.2, 0.25) is 5.91 Å². The van der Waals surface area contributed by atoms with Gasteiger partial charge in [0.1, 0.15) is 5.75 Å². The molecule has 2 saturated heterocycles. The molecule has 1 N–H and O–H groups in total. The van der Waals surface area contributed by atoms with Crippen LogP contribution < -0.4 is 10.1 Å². The summed E-state index contributed by atoms with van der Waals surface area (Å²) in [5, 5.41) is 3.00. The molecule has 0 radical (unpaired) electrons. The van der Waals surface area contributed by atoms with Crippen LogP contribution in [-0.4, -0.2) is 62.3 Å². The lowest BCUT2D eigenvalue weighted by Gasteiger charge is -2.34. The van der Waals surface area contributed by atoms with E-state index in [0.29, 0.717) is 32.8 Å². The Bertz CT molecular complexity index is 774. The van der Waals surface area contributed by atoms with Crippen LogP contribution >= 0.6 is 0 Å². The molecule has 30 heavy (non-hydrogen) atoms. The number of hydrogen-bond acceptors (Lipinski definition) is 4. The predicted octanol–water partition coefficient (Wildman–Crippen LogP) is 2.58. The van der Waals surface area contributed by atoms with Gasteiger partial charge in [-0.15, -0.1) is 0 Å². The second-order valence-electron chi connectivity index (χ2n) is 8.14. The highest BCUT2D eigenvalue weighted by molar-refractivity contribution is 7.86. The molecule has 1 amide bonds. The maximum Gasteiger partial charge on any atom is 0.281 e. The van der Waals surface area contributed by atoms with Gasteiger partial charge in [0.05, 0.1) is 12.5 Å². The Morgan fingerprint density at radius 2 is 1.70 bits per heavy atom. The van der Waals surface area contributed by atoms with Crippen molar-refractivity contribution >= 4 is 16.1 Å². The molecule has 0 spiro atoms. The van der Waals surface area contributed by atoms with Crippen molar-refractivity contribution < 1.29 is 17.9 Å². The van der Waals surface area contributed by atoms with E-state index in [9.17, 15) is 13.2 Å². The first kappa shape index (κ1) is 23.0. The summed E-state index contributed by atoms with van der Waals surface area (Å²) in [5.74, 6) is 0.524. The van der Waals surface area contributed by atoms with Crippen LogP contribution in [0.4, 0.5) is 0 Å². The largest absolute Gasteiger partial charge is 0.494 e. The molecule has 1 aromatic rings. The normalized spacial score (nSPS) is 21.7. The third-order valence-corrected chi connectivity index (χ3v) is 7.92. The lowest BCUT2D eigenvalue weighted by molar-refractivity contribution is -0.126. The van der Waals surface area contributed by atoms with E-state index in [1.165, 1.54) is 4.31 Å². The van der Waals surface area contributed by atoms with Crippen LogP contribution in [0.2, 0.25) is 0 Å². The summed E-state index contributed by atoms with van der Waals surface area (Å²) < 4.78 is 34.7. The lowest BCUT2D eigenvalue weighted by atomic mass is 9.99. The van der Waals surface area contributed by atoms with E-state index in [4.69, 9.17) is 4.74 Å². The lowest BCUT2D eigenvalue weighted by Crippen LogP contribution is -2.50. The minimum absolute atomic E-state index is 0.0447. The molecule has 0 saturated carbocycles. The molecular weight excluding hydrogens is 402 g/mol. The van der Waals surface area contributed by atoms with E-state index < -0.39 is 10.2 Å². The zero-order chi connectivity index (χ0) is 21.4. The molecule has 0 bridgehead atoms. The number of carbonyl (C=O) groups excluding carboxylic acids is 1. The van der Waals surface area contributed by atoms with E-state index in [1.807, 2.05) is 31.2 Å². The highest BCUT2D eigenvalue weighted by atomic mass is 32.2. The summed E-state index contributed by atoms with van der Waals surface area (Å²) in [6.07, 6.45) is 6.22. The topological polar surface area (TPSA) is 79.0 Å². The number of nitrogens with zero attached hydrogens (tertiary/aromatic N) is 2. The van der Waals surface area contributed by atoms with Gasteiger partial charge < -0.3 is 10.1 Å². The van der Waals surface area contributed by atoms with Gasteiger partial charge in [-0.25, -0.2) is 0 Å². The van der Waals surface area contributed by atoms with Gasteiger partial charge in [0.15, 0.2) is 0 Å². The zero-order valence-electron chi connectivity index (χ0n) is 18.0. The van der Waals surface area contributed by atoms with Crippen molar-refractivity contribution in [2.45, 2.75) is 51.9 Å². The van der Waals surface area contributed by atoms with Crippen molar-refractivity contribution in [1.82, 2.24) is 13.9 Å². The number of piperidine rings is 1. The predicted molar refractivity (Wildman–Crippen MR) is 118 cm³/mol. The second kappa shape index (κ2) is 11.1. The van der Waals surface area contributed by atoms with Crippen LogP contribution in [-0.2, 0) is 21.4 Å². The molecule has 168 valence electrons. The Morgan fingerprint density at radius 3 is 2.37 bits per heavy atom. The van der Waals surface area contributed by atoms with E-state index in [0.717, 1.165) is 56.3 Å². The van der Waals surface area contributed by atoms with E-state index in [-0.39, 0.29) is 18.4 Å². The SMILES string of the molecule is CCOc1ccc(CCNC(=O)C2CCCN(S(=O)(=O)N3CCCCCC3)C2)cc1. The molecule has 0 aromatic heterocycles. The highest BCUT2D eigenvalue weighted by Crippen LogP contribution is 2.23. The molecule has 2 aliphatic heterocycles. The summed E-state index contributed by atoms with van der Waals surface area (Å²) in [6.45, 7) is 5.12. The fourth-order valence-corrected chi connectivity index (χ4v) is 5.97. The Hall–Kier alpha value is -1.64. The van der Waals surface area contributed by atoms with Crippen LogP contribution in [0.1, 0.15) is 51.0 Å². The average molecular weight is 438 g/mol. The first-order chi connectivity index (χ1) is 14.5. The Kier molecular flexibility index (Phi) is 8.53. The molecule has 2 fully saturated rings.